The molecule has 12 nitrogen and oxygen atoms in total. The van der Waals surface area contributed by atoms with E-state index >= 15 is 0 Å². The Kier molecular flexibility index (Phi) is 9.16. The molecule has 0 unspecified atom stereocenters. The molecule has 12 heteroatoms. The van der Waals surface area contributed by atoms with Crippen LogP contribution in [0.1, 0.15) is 97.2 Å². The minimum Gasteiger partial charge on any atom is -0.478 e. The zero-order valence-corrected chi connectivity index (χ0v) is 28.7. The number of hydrogen-bond donors (Lipinski definition) is 5. The largest absolute Gasteiger partial charge is 0.478 e. The molecule has 0 saturated heterocycles. The van der Waals surface area contributed by atoms with Crippen LogP contribution in [0.5, 0.6) is 0 Å². The molecule has 3 aromatic carbocycles. The second-order valence-corrected chi connectivity index (χ2v) is 14.9. The molecule has 4 aliphatic carbocycles. The number of nitrogens with one attached hydrogen (secondary N) is 3. The Balaban J connectivity index is 1.19. The lowest BCUT2D eigenvalue weighted by Gasteiger charge is -2.56. The van der Waals surface area contributed by atoms with Gasteiger partial charge in [0.15, 0.2) is 0 Å². The van der Waals surface area contributed by atoms with Crippen molar-refractivity contribution in [2.45, 2.75) is 57.9 Å². The van der Waals surface area contributed by atoms with E-state index in [1.165, 1.54) is 36.8 Å². The summed E-state index contributed by atoms with van der Waals surface area (Å²) in [6.07, 6.45) is 8.67. The fourth-order valence-electron chi connectivity index (χ4n) is 9.17. The quantitative estimate of drug-likeness (QED) is 0.133. The summed E-state index contributed by atoms with van der Waals surface area (Å²) in [7, 11) is 0. The van der Waals surface area contributed by atoms with Crippen LogP contribution >= 0.6 is 0 Å². The Bertz CT molecular complexity index is 2050. The van der Waals surface area contributed by atoms with Crippen LogP contribution in [0.15, 0.2) is 72.9 Å². The topological polar surface area (TPSA) is 184 Å². The van der Waals surface area contributed by atoms with E-state index in [1.807, 2.05) is 0 Å². The van der Waals surface area contributed by atoms with Crippen molar-refractivity contribution in [2.75, 3.05) is 11.9 Å². The number of amides is 3. The Hall–Kier alpha value is -5.78. The summed E-state index contributed by atoms with van der Waals surface area (Å²) in [5.74, 6) is -2.86. The second kappa shape index (κ2) is 13.7. The molecule has 0 spiro atoms. The molecule has 1 aromatic heterocycles. The van der Waals surface area contributed by atoms with Gasteiger partial charge in [-0.2, -0.15) is 0 Å². The summed E-state index contributed by atoms with van der Waals surface area (Å²) < 4.78 is 1.38. The SMILES string of the molecule is CC(=O)n1ccc2cc(C(=O)NCC34CC5CC(CC(C5)C3)C4)c(C(=O)N[C@@H](Cc3ccccc3)C(=O)Nc3cc(C(=O)O)cc(C(=O)O)c3)cc21. The first-order valence-electron chi connectivity index (χ1n) is 17.6. The average molecular weight is 705 g/mol. The van der Waals surface area contributed by atoms with Crippen molar-refractivity contribution in [1.29, 1.82) is 0 Å². The number of fused-ring (bicyclic) bond motifs is 1. The first-order chi connectivity index (χ1) is 24.9. The minimum atomic E-state index is -1.38. The maximum absolute atomic E-state index is 14.3. The fourth-order valence-corrected chi connectivity index (χ4v) is 9.17. The molecular weight excluding hydrogens is 664 g/mol. The molecular formula is C40H40N4O8. The monoisotopic (exact) mass is 704 g/mol. The number of carbonyl (C=O) groups excluding carboxylic acids is 4. The number of carboxylic acid groups (broad SMARTS) is 2. The zero-order chi connectivity index (χ0) is 36.7. The fraction of sp³-hybridized carbons (Fsp3) is 0.350. The third-order valence-corrected chi connectivity index (χ3v) is 11.0. The van der Waals surface area contributed by atoms with Crippen molar-refractivity contribution < 1.29 is 39.0 Å². The van der Waals surface area contributed by atoms with Gasteiger partial charge in [-0.25, -0.2) is 9.59 Å². The molecule has 52 heavy (non-hydrogen) atoms. The maximum atomic E-state index is 14.3. The standard InChI is InChI=1S/C40H40N4O8/c1-22(45)44-8-7-27-16-31(35(46)41-21-40-18-24-9-25(19-40)11-26(10-24)20-40)32(17-34(27)44)36(47)43-33(12-23-5-3-2-4-6-23)37(48)42-30-14-28(38(49)50)13-29(15-30)39(51)52/h2-8,13-17,24-26,33H,9-12,18-21H2,1H3,(H,41,46)(H,42,48)(H,43,47)(H,49,50)(H,51,52)/t24?,25?,26?,33-,40?/m0/s1. The van der Waals surface area contributed by atoms with Gasteiger partial charge in [0.25, 0.3) is 11.8 Å². The molecule has 1 atom stereocenters. The van der Waals surface area contributed by atoms with Gasteiger partial charge in [-0.05, 0) is 104 Å². The Morgan fingerprint density at radius 2 is 1.38 bits per heavy atom. The van der Waals surface area contributed by atoms with Crippen LogP contribution in [0.2, 0.25) is 0 Å². The third kappa shape index (κ3) is 7.05. The van der Waals surface area contributed by atoms with Crippen molar-refractivity contribution in [1.82, 2.24) is 15.2 Å². The van der Waals surface area contributed by atoms with Crippen LogP contribution in [0.3, 0.4) is 0 Å². The van der Waals surface area contributed by atoms with Crippen molar-refractivity contribution in [3.8, 4) is 0 Å². The molecule has 4 aliphatic rings. The molecule has 0 aliphatic heterocycles. The molecule has 4 fully saturated rings. The van der Waals surface area contributed by atoms with E-state index in [1.54, 1.807) is 48.7 Å². The smallest absolute Gasteiger partial charge is 0.335 e. The summed E-state index contributed by atoms with van der Waals surface area (Å²) >= 11 is 0. The van der Waals surface area contributed by atoms with Crippen LogP contribution in [0.25, 0.3) is 10.9 Å². The van der Waals surface area contributed by atoms with Gasteiger partial charge in [-0.3, -0.25) is 23.7 Å². The van der Waals surface area contributed by atoms with E-state index in [9.17, 15) is 39.0 Å². The van der Waals surface area contributed by atoms with E-state index in [0.717, 1.165) is 37.5 Å². The highest BCUT2D eigenvalue weighted by atomic mass is 16.4. The van der Waals surface area contributed by atoms with Gasteiger partial charge in [0.2, 0.25) is 11.8 Å². The van der Waals surface area contributed by atoms with Gasteiger partial charge in [0.05, 0.1) is 27.8 Å². The Labute approximate surface area is 299 Å². The number of aromatic carboxylic acids is 2. The minimum absolute atomic E-state index is 0.0163. The number of aromatic nitrogens is 1. The zero-order valence-electron chi connectivity index (χ0n) is 28.7. The van der Waals surface area contributed by atoms with Gasteiger partial charge < -0.3 is 26.2 Å². The van der Waals surface area contributed by atoms with Crippen molar-refractivity contribution in [3.05, 3.63) is 101 Å². The summed E-state index contributed by atoms with van der Waals surface area (Å²) in [6, 6.07) is 15.7. The van der Waals surface area contributed by atoms with Gasteiger partial charge in [-0.1, -0.05) is 30.3 Å². The molecule has 4 bridgehead atoms. The van der Waals surface area contributed by atoms with Gasteiger partial charge in [0, 0.05) is 37.2 Å². The molecule has 4 saturated carbocycles. The number of rotatable bonds is 11. The van der Waals surface area contributed by atoms with E-state index in [2.05, 4.69) is 16.0 Å². The van der Waals surface area contributed by atoms with E-state index < -0.39 is 35.7 Å². The normalized spacial score (nSPS) is 22.1. The van der Waals surface area contributed by atoms with Gasteiger partial charge in [-0.15, -0.1) is 0 Å². The number of carboxylic acids is 2. The summed E-state index contributed by atoms with van der Waals surface area (Å²) in [5, 5.41) is 28.2. The summed E-state index contributed by atoms with van der Waals surface area (Å²) in [4.78, 5) is 78.0. The highest BCUT2D eigenvalue weighted by molar-refractivity contribution is 6.12. The van der Waals surface area contributed by atoms with E-state index in [4.69, 9.17) is 0 Å². The lowest BCUT2D eigenvalue weighted by Crippen LogP contribution is -2.51. The van der Waals surface area contributed by atoms with Gasteiger partial charge in [0.1, 0.15) is 6.04 Å². The second-order valence-electron chi connectivity index (χ2n) is 14.9. The molecule has 1 heterocycles. The molecule has 0 radical (unpaired) electrons. The predicted molar refractivity (Wildman–Crippen MR) is 192 cm³/mol. The van der Waals surface area contributed by atoms with Crippen LogP contribution in [-0.4, -0.2) is 62.9 Å². The predicted octanol–water partition coefficient (Wildman–Crippen LogP) is 5.62. The van der Waals surface area contributed by atoms with Crippen LogP contribution in [-0.2, 0) is 11.2 Å². The van der Waals surface area contributed by atoms with Crippen molar-refractivity contribution in [3.63, 3.8) is 0 Å². The molecule has 4 aromatic rings. The maximum Gasteiger partial charge on any atom is 0.335 e. The highest BCUT2D eigenvalue weighted by Gasteiger charge is 2.50. The van der Waals surface area contributed by atoms with Crippen LogP contribution in [0, 0.1) is 23.2 Å². The summed E-state index contributed by atoms with van der Waals surface area (Å²) in [6.45, 7) is 1.90. The number of hydrogen-bond acceptors (Lipinski definition) is 6. The van der Waals surface area contributed by atoms with Crippen molar-refractivity contribution in [2.24, 2.45) is 23.2 Å². The molecule has 5 N–H and O–H groups in total. The van der Waals surface area contributed by atoms with E-state index in [0.29, 0.717) is 40.8 Å². The summed E-state index contributed by atoms with van der Waals surface area (Å²) in [5.41, 5.74) is 0.481. The molecule has 8 rings (SSSR count). The number of benzene rings is 3. The van der Waals surface area contributed by atoms with Gasteiger partial charge >= 0.3 is 11.9 Å². The molecule has 268 valence electrons. The first kappa shape index (κ1) is 34.7. The third-order valence-electron chi connectivity index (χ3n) is 11.0. The van der Waals surface area contributed by atoms with Crippen molar-refractivity contribution >= 4 is 52.2 Å². The van der Waals surface area contributed by atoms with E-state index in [-0.39, 0.29) is 45.7 Å². The van der Waals surface area contributed by atoms with Crippen LogP contribution in [0.4, 0.5) is 5.69 Å². The number of anilines is 1. The Morgan fingerprint density at radius 3 is 1.96 bits per heavy atom. The lowest BCUT2D eigenvalue weighted by molar-refractivity contribution is -0.118. The average Bonchev–Trinajstić information content (AvgIpc) is 3.53. The highest BCUT2D eigenvalue weighted by Crippen LogP contribution is 2.59. The number of nitrogens with zero attached hydrogens (tertiary/aromatic N) is 1. The van der Waals surface area contributed by atoms with Crippen LogP contribution < -0.4 is 16.0 Å². The lowest BCUT2D eigenvalue weighted by atomic mass is 9.49. The first-order valence-corrected chi connectivity index (χ1v) is 17.6. The Morgan fingerprint density at radius 1 is 0.788 bits per heavy atom. The number of carbonyl (C=O) groups is 6. The molecule has 3 amide bonds.